The molecular weight excluding hydrogens is 520 g/mol. The average molecular weight is 539 g/mol. The van der Waals surface area contributed by atoms with Gasteiger partial charge in [-0.1, -0.05) is 28.1 Å². The van der Waals surface area contributed by atoms with E-state index in [9.17, 15) is 9.59 Å². The normalized spacial score (nSPS) is 11.3. The summed E-state index contributed by atoms with van der Waals surface area (Å²) in [6.07, 6.45) is 0.524. The number of hydrogen-bond acceptors (Lipinski definition) is 7. The Kier molecular flexibility index (Phi) is 5.97. The number of aryl methyl sites for hydroxylation is 1. The number of hydrogen-bond donors (Lipinski definition) is 0. The number of halogens is 1. The standard InChI is InChI=1S/C25H19BrN2O5S/c1-31-18-7-5-14(12-19(18)32-2)9-10-28-23(20-4-3-11-34-20)27-24-21(25(28)30)22(29)16-13-15(26)6-8-17(16)33-24/h3-8,11-13H,9-10H2,1-2H3. The van der Waals surface area contributed by atoms with Crippen LogP contribution in [-0.4, -0.2) is 23.8 Å². The van der Waals surface area contributed by atoms with Gasteiger partial charge in [0.2, 0.25) is 11.1 Å². The van der Waals surface area contributed by atoms with Crippen LogP contribution in [0.25, 0.3) is 32.8 Å². The molecule has 172 valence electrons. The van der Waals surface area contributed by atoms with Gasteiger partial charge in [0.1, 0.15) is 5.58 Å². The van der Waals surface area contributed by atoms with E-state index in [4.69, 9.17) is 13.9 Å². The molecule has 0 saturated carbocycles. The van der Waals surface area contributed by atoms with Crippen LogP contribution in [-0.2, 0) is 13.0 Å². The second-order valence-corrected chi connectivity index (χ2v) is 9.42. The van der Waals surface area contributed by atoms with Crippen LogP contribution < -0.4 is 20.5 Å². The first-order valence-electron chi connectivity index (χ1n) is 10.4. The van der Waals surface area contributed by atoms with Gasteiger partial charge in [-0.05, 0) is 53.8 Å². The lowest BCUT2D eigenvalue weighted by Crippen LogP contribution is -2.28. The molecule has 3 heterocycles. The summed E-state index contributed by atoms with van der Waals surface area (Å²) in [4.78, 5) is 32.4. The molecule has 0 radical (unpaired) electrons. The molecule has 34 heavy (non-hydrogen) atoms. The van der Waals surface area contributed by atoms with Crippen LogP contribution in [0.4, 0.5) is 0 Å². The van der Waals surface area contributed by atoms with Crippen molar-refractivity contribution < 1.29 is 13.9 Å². The van der Waals surface area contributed by atoms with Crippen LogP contribution >= 0.6 is 27.3 Å². The molecule has 0 fully saturated rings. The van der Waals surface area contributed by atoms with Crippen molar-refractivity contribution in [3.8, 4) is 22.2 Å². The Hall–Kier alpha value is -3.43. The maximum Gasteiger partial charge on any atom is 0.269 e. The second-order valence-electron chi connectivity index (χ2n) is 7.56. The summed E-state index contributed by atoms with van der Waals surface area (Å²) in [7, 11) is 3.16. The Bertz CT molecular complexity index is 1640. The van der Waals surface area contributed by atoms with E-state index in [0.29, 0.717) is 41.3 Å². The number of nitrogens with zero attached hydrogens (tertiary/aromatic N) is 2. The molecule has 0 atom stereocenters. The molecule has 0 spiro atoms. The van der Waals surface area contributed by atoms with Gasteiger partial charge in [0.25, 0.3) is 5.56 Å². The zero-order chi connectivity index (χ0) is 23.8. The summed E-state index contributed by atoms with van der Waals surface area (Å²) in [5.41, 5.74) is 0.553. The minimum absolute atomic E-state index is 0.0376. The molecule has 2 aromatic carbocycles. The first kappa shape index (κ1) is 22.4. The number of thiophene rings is 1. The van der Waals surface area contributed by atoms with Gasteiger partial charge in [-0.25, -0.2) is 0 Å². The van der Waals surface area contributed by atoms with Crippen molar-refractivity contribution >= 4 is 49.3 Å². The topological polar surface area (TPSA) is 83.6 Å². The van der Waals surface area contributed by atoms with Crippen molar-refractivity contribution in [1.29, 1.82) is 0 Å². The van der Waals surface area contributed by atoms with E-state index in [2.05, 4.69) is 20.9 Å². The maximum atomic E-state index is 13.6. The van der Waals surface area contributed by atoms with Crippen LogP contribution in [0.3, 0.4) is 0 Å². The number of fused-ring (bicyclic) bond motifs is 2. The quantitative estimate of drug-likeness (QED) is 0.274. The summed E-state index contributed by atoms with van der Waals surface area (Å²) < 4.78 is 18.9. The van der Waals surface area contributed by atoms with E-state index in [1.807, 2.05) is 35.7 Å². The summed E-state index contributed by atoms with van der Waals surface area (Å²) in [5.74, 6) is 1.71. The maximum absolute atomic E-state index is 13.6. The fraction of sp³-hybridized carbons (Fsp3) is 0.160. The van der Waals surface area contributed by atoms with E-state index in [-0.39, 0.29) is 11.1 Å². The highest BCUT2D eigenvalue weighted by Gasteiger charge is 2.19. The van der Waals surface area contributed by atoms with E-state index in [0.717, 1.165) is 14.9 Å². The van der Waals surface area contributed by atoms with Crippen molar-refractivity contribution in [2.45, 2.75) is 13.0 Å². The fourth-order valence-corrected chi connectivity index (χ4v) is 4.97. The molecule has 0 bridgehead atoms. The van der Waals surface area contributed by atoms with Crippen molar-refractivity contribution in [1.82, 2.24) is 9.55 Å². The minimum Gasteiger partial charge on any atom is -0.493 e. The number of ether oxygens (including phenoxy) is 2. The molecule has 7 nitrogen and oxygen atoms in total. The molecule has 5 aromatic rings. The van der Waals surface area contributed by atoms with Gasteiger partial charge in [-0.15, -0.1) is 11.3 Å². The molecule has 0 aliphatic heterocycles. The predicted molar refractivity (Wildman–Crippen MR) is 136 cm³/mol. The smallest absolute Gasteiger partial charge is 0.269 e. The van der Waals surface area contributed by atoms with Gasteiger partial charge in [0.05, 0.1) is 24.5 Å². The molecule has 0 unspecified atom stereocenters. The van der Waals surface area contributed by atoms with E-state index >= 15 is 0 Å². The molecule has 0 saturated heterocycles. The molecular formula is C25H19BrN2O5S. The minimum atomic E-state index is -0.426. The monoisotopic (exact) mass is 538 g/mol. The molecule has 0 aliphatic rings. The van der Waals surface area contributed by atoms with Gasteiger partial charge in [-0.2, -0.15) is 4.98 Å². The summed E-state index contributed by atoms with van der Waals surface area (Å²) in [6.45, 7) is 0.320. The Morgan fingerprint density at radius 1 is 1.06 bits per heavy atom. The van der Waals surface area contributed by atoms with Crippen LogP contribution in [0.1, 0.15) is 5.56 Å². The third-order valence-electron chi connectivity index (χ3n) is 5.57. The average Bonchev–Trinajstić information content (AvgIpc) is 3.38. The summed E-state index contributed by atoms with van der Waals surface area (Å²) in [6, 6.07) is 14.5. The lowest BCUT2D eigenvalue weighted by atomic mass is 10.1. The second kappa shape index (κ2) is 9.08. The lowest BCUT2D eigenvalue weighted by Gasteiger charge is -2.13. The van der Waals surface area contributed by atoms with Gasteiger partial charge < -0.3 is 13.9 Å². The van der Waals surface area contributed by atoms with Crippen molar-refractivity contribution in [2.75, 3.05) is 14.2 Å². The molecule has 5 rings (SSSR count). The SMILES string of the molecule is COc1ccc(CCn2c(-c3cccs3)nc3oc4ccc(Br)cc4c(=O)c3c2=O)cc1OC. The van der Waals surface area contributed by atoms with Crippen LogP contribution in [0.15, 0.2) is 72.4 Å². The van der Waals surface area contributed by atoms with E-state index in [1.165, 1.54) is 11.3 Å². The number of methoxy groups -OCH3 is 2. The Labute approximate surface area is 206 Å². The predicted octanol–water partition coefficient (Wildman–Crippen LogP) is 5.25. The zero-order valence-electron chi connectivity index (χ0n) is 18.3. The number of benzene rings is 2. The van der Waals surface area contributed by atoms with Crippen molar-refractivity contribution in [2.24, 2.45) is 0 Å². The third-order valence-corrected chi connectivity index (χ3v) is 6.93. The Balaban J connectivity index is 1.68. The molecule has 9 heteroatoms. The van der Waals surface area contributed by atoms with Crippen molar-refractivity contribution in [3.05, 3.63) is 84.5 Å². The fourth-order valence-electron chi connectivity index (χ4n) is 3.89. The Morgan fingerprint density at radius 3 is 2.62 bits per heavy atom. The summed E-state index contributed by atoms with van der Waals surface area (Å²) in [5, 5.41) is 2.19. The van der Waals surface area contributed by atoms with Crippen LogP contribution in [0.5, 0.6) is 11.5 Å². The van der Waals surface area contributed by atoms with Gasteiger partial charge in [0, 0.05) is 11.0 Å². The third kappa shape index (κ3) is 3.91. The van der Waals surface area contributed by atoms with Crippen LogP contribution in [0, 0.1) is 0 Å². The van der Waals surface area contributed by atoms with Gasteiger partial charge in [-0.3, -0.25) is 14.2 Å². The van der Waals surface area contributed by atoms with E-state index < -0.39 is 11.0 Å². The van der Waals surface area contributed by atoms with Gasteiger partial charge in [0.15, 0.2) is 22.7 Å². The highest BCUT2D eigenvalue weighted by atomic mass is 79.9. The molecule has 0 amide bonds. The zero-order valence-corrected chi connectivity index (χ0v) is 20.7. The first-order valence-corrected chi connectivity index (χ1v) is 12.1. The van der Waals surface area contributed by atoms with Crippen molar-refractivity contribution in [3.63, 3.8) is 0 Å². The van der Waals surface area contributed by atoms with Crippen LogP contribution in [0.2, 0.25) is 0 Å². The molecule has 3 aromatic heterocycles. The first-order chi connectivity index (χ1) is 16.5. The highest BCUT2D eigenvalue weighted by Crippen LogP contribution is 2.29. The van der Waals surface area contributed by atoms with Gasteiger partial charge >= 0.3 is 0 Å². The van der Waals surface area contributed by atoms with E-state index in [1.54, 1.807) is 37.0 Å². The summed E-state index contributed by atoms with van der Waals surface area (Å²) >= 11 is 4.84. The molecule has 0 aliphatic carbocycles. The number of aromatic nitrogens is 2. The highest BCUT2D eigenvalue weighted by molar-refractivity contribution is 9.10. The number of rotatable bonds is 6. The lowest BCUT2D eigenvalue weighted by molar-refractivity contribution is 0.354. The largest absolute Gasteiger partial charge is 0.493 e. The molecule has 0 N–H and O–H groups in total. The Morgan fingerprint density at radius 2 is 1.88 bits per heavy atom.